The van der Waals surface area contributed by atoms with Gasteiger partial charge < -0.3 is 15.3 Å². The summed E-state index contributed by atoms with van der Waals surface area (Å²) in [6.07, 6.45) is 0. The number of carboxylic acid groups (broad SMARTS) is 1. The van der Waals surface area contributed by atoms with Crippen LogP contribution in [0.3, 0.4) is 0 Å². The fourth-order valence-corrected chi connectivity index (χ4v) is 1.31. The molecule has 1 rings (SSSR count). The number of hydrogen-bond acceptors (Lipinski definition) is 3. The van der Waals surface area contributed by atoms with E-state index in [9.17, 15) is 18.8 Å². The summed E-state index contributed by atoms with van der Waals surface area (Å²) in [7, 11) is 1.31. The van der Waals surface area contributed by atoms with Gasteiger partial charge in [0.15, 0.2) is 0 Å². The van der Waals surface area contributed by atoms with Crippen LogP contribution in [0.4, 0.5) is 4.39 Å². The zero-order valence-electron chi connectivity index (χ0n) is 10.2. The summed E-state index contributed by atoms with van der Waals surface area (Å²) in [6.45, 7) is -0.798. The lowest BCUT2D eigenvalue weighted by Crippen LogP contribution is -2.40. The number of carbonyl (C=O) groups excluding carboxylic acids is 2. The molecule has 0 aliphatic carbocycles. The Labute approximate surface area is 108 Å². The molecule has 6 nitrogen and oxygen atoms in total. The van der Waals surface area contributed by atoms with Crippen molar-refractivity contribution in [1.29, 1.82) is 0 Å². The normalized spacial score (nSPS) is 9.79. The number of benzene rings is 1. The second-order valence-corrected chi connectivity index (χ2v) is 3.84. The third kappa shape index (κ3) is 4.74. The molecule has 0 bridgehead atoms. The second kappa shape index (κ2) is 6.48. The highest BCUT2D eigenvalue weighted by atomic mass is 19.1. The molecule has 0 atom stereocenters. The second-order valence-electron chi connectivity index (χ2n) is 3.84. The van der Waals surface area contributed by atoms with Crippen molar-refractivity contribution in [3.63, 3.8) is 0 Å². The van der Waals surface area contributed by atoms with Crippen molar-refractivity contribution in [3.8, 4) is 0 Å². The van der Waals surface area contributed by atoms with Crippen LogP contribution in [0.25, 0.3) is 0 Å². The molecular formula is C12H13FN2O4. The molecule has 0 heterocycles. The van der Waals surface area contributed by atoms with Crippen LogP contribution in [0.15, 0.2) is 24.3 Å². The van der Waals surface area contributed by atoms with Gasteiger partial charge in [-0.2, -0.15) is 0 Å². The first-order valence-corrected chi connectivity index (χ1v) is 5.39. The molecule has 0 radical (unpaired) electrons. The Kier molecular flexibility index (Phi) is 4.99. The Morgan fingerprint density at radius 3 is 2.63 bits per heavy atom. The zero-order chi connectivity index (χ0) is 14.4. The third-order valence-electron chi connectivity index (χ3n) is 2.29. The van der Waals surface area contributed by atoms with Crippen LogP contribution in [0.1, 0.15) is 10.4 Å². The molecule has 0 fully saturated rings. The molecule has 19 heavy (non-hydrogen) atoms. The smallest absolute Gasteiger partial charge is 0.323 e. The first-order chi connectivity index (χ1) is 8.90. The monoisotopic (exact) mass is 268 g/mol. The minimum absolute atomic E-state index is 0.0914. The van der Waals surface area contributed by atoms with E-state index in [1.54, 1.807) is 0 Å². The summed E-state index contributed by atoms with van der Waals surface area (Å²) >= 11 is 0. The number of amides is 2. The predicted molar refractivity (Wildman–Crippen MR) is 64.0 cm³/mol. The van der Waals surface area contributed by atoms with Crippen LogP contribution < -0.4 is 5.32 Å². The van der Waals surface area contributed by atoms with E-state index in [0.717, 1.165) is 11.0 Å². The Morgan fingerprint density at radius 2 is 2.05 bits per heavy atom. The van der Waals surface area contributed by atoms with Crippen LogP contribution in [-0.2, 0) is 9.59 Å². The van der Waals surface area contributed by atoms with Gasteiger partial charge in [0.25, 0.3) is 5.91 Å². The minimum atomic E-state index is -1.15. The van der Waals surface area contributed by atoms with Crippen molar-refractivity contribution in [1.82, 2.24) is 10.2 Å². The van der Waals surface area contributed by atoms with Crippen molar-refractivity contribution < 1.29 is 23.9 Å². The van der Waals surface area contributed by atoms with E-state index in [1.165, 1.54) is 25.2 Å². The maximum Gasteiger partial charge on any atom is 0.323 e. The molecule has 0 saturated heterocycles. The molecule has 0 spiro atoms. The SMILES string of the molecule is CN(CC(=O)O)C(=O)CNC(=O)c1cccc(F)c1. The summed E-state index contributed by atoms with van der Waals surface area (Å²) in [5.41, 5.74) is 0.0914. The van der Waals surface area contributed by atoms with Crippen LogP contribution >= 0.6 is 0 Å². The van der Waals surface area contributed by atoms with Crippen LogP contribution in [-0.4, -0.2) is 47.9 Å². The molecule has 0 saturated carbocycles. The van der Waals surface area contributed by atoms with Gasteiger partial charge in [-0.25, -0.2) is 4.39 Å². The number of hydrogen-bond donors (Lipinski definition) is 2. The molecule has 2 N–H and O–H groups in total. The lowest BCUT2D eigenvalue weighted by Gasteiger charge is -2.14. The topological polar surface area (TPSA) is 86.7 Å². The quantitative estimate of drug-likeness (QED) is 0.793. The molecule has 0 aromatic heterocycles. The summed E-state index contributed by atoms with van der Waals surface area (Å²) in [5, 5.41) is 10.8. The van der Waals surface area contributed by atoms with Gasteiger partial charge in [-0.1, -0.05) is 6.07 Å². The van der Waals surface area contributed by atoms with Gasteiger partial charge in [0, 0.05) is 12.6 Å². The molecule has 0 aliphatic heterocycles. The average molecular weight is 268 g/mol. The van der Waals surface area contributed by atoms with E-state index >= 15 is 0 Å². The lowest BCUT2D eigenvalue weighted by atomic mass is 10.2. The number of rotatable bonds is 5. The summed E-state index contributed by atoms with van der Waals surface area (Å²) < 4.78 is 12.9. The third-order valence-corrected chi connectivity index (χ3v) is 2.29. The van der Waals surface area contributed by atoms with Crippen molar-refractivity contribution >= 4 is 17.8 Å². The Bertz CT molecular complexity index is 504. The van der Waals surface area contributed by atoms with Crippen molar-refractivity contribution in [2.75, 3.05) is 20.1 Å². The van der Waals surface area contributed by atoms with Gasteiger partial charge in [0.2, 0.25) is 5.91 Å². The van der Waals surface area contributed by atoms with E-state index in [-0.39, 0.29) is 12.1 Å². The Hall–Kier alpha value is -2.44. The van der Waals surface area contributed by atoms with Crippen molar-refractivity contribution in [2.45, 2.75) is 0 Å². The number of likely N-dealkylation sites (N-methyl/N-ethyl adjacent to an activating group) is 1. The van der Waals surface area contributed by atoms with Crippen LogP contribution in [0, 0.1) is 5.82 Å². The number of aliphatic carboxylic acids is 1. The molecule has 0 unspecified atom stereocenters. The standard InChI is InChI=1S/C12H13FN2O4/c1-15(7-11(17)18)10(16)6-14-12(19)8-3-2-4-9(13)5-8/h2-5H,6-7H2,1H3,(H,14,19)(H,17,18). The number of halogens is 1. The highest BCUT2D eigenvalue weighted by Crippen LogP contribution is 2.02. The van der Waals surface area contributed by atoms with Gasteiger partial charge in [-0.3, -0.25) is 14.4 Å². The van der Waals surface area contributed by atoms with Crippen LogP contribution in [0.2, 0.25) is 0 Å². The summed E-state index contributed by atoms with van der Waals surface area (Å²) in [5.74, 6) is -2.85. The molecule has 1 aromatic carbocycles. The van der Waals surface area contributed by atoms with E-state index in [2.05, 4.69) is 5.32 Å². The average Bonchev–Trinajstić information content (AvgIpc) is 2.34. The molecule has 0 aliphatic rings. The number of nitrogens with zero attached hydrogens (tertiary/aromatic N) is 1. The van der Waals surface area contributed by atoms with Gasteiger partial charge >= 0.3 is 5.97 Å². The molecule has 1 aromatic rings. The van der Waals surface area contributed by atoms with Gasteiger partial charge in [0.1, 0.15) is 12.4 Å². The fraction of sp³-hybridized carbons (Fsp3) is 0.250. The van der Waals surface area contributed by atoms with E-state index in [1.807, 2.05) is 0 Å². The Morgan fingerprint density at radius 1 is 1.37 bits per heavy atom. The van der Waals surface area contributed by atoms with E-state index in [4.69, 9.17) is 5.11 Å². The Balaban J connectivity index is 2.50. The van der Waals surface area contributed by atoms with Crippen molar-refractivity contribution in [2.24, 2.45) is 0 Å². The highest BCUT2D eigenvalue weighted by molar-refractivity contribution is 5.96. The van der Waals surface area contributed by atoms with E-state index < -0.39 is 30.1 Å². The predicted octanol–water partition coefficient (Wildman–Crippen LogP) is 0.0985. The van der Waals surface area contributed by atoms with Crippen molar-refractivity contribution in [3.05, 3.63) is 35.6 Å². The van der Waals surface area contributed by atoms with Gasteiger partial charge in [-0.05, 0) is 18.2 Å². The van der Waals surface area contributed by atoms with Gasteiger partial charge in [0.05, 0.1) is 6.54 Å². The lowest BCUT2D eigenvalue weighted by molar-refractivity contribution is -0.143. The minimum Gasteiger partial charge on any atom is -0.480 e. The maximum atomic E-state index is 12.9. The summed E-state index contributed by atoms with van der Waals surface area (Å²) in [4.78, 5) is 34.4. The maximum absolute atomic E-state index is 12.9. The number of carboxylic acids is 1. The largest absolute Gasteiger partial charge is 0.480 e. The highest BCUT2D eigenvalue weighted by Gasteiger charge is 2.13. The molecule has 7 heteroatoms. The van der Waals surface area contributed by atoms with Gasteiger partial charge in [-0.15, -0.1) is 0 Å². The zero-order valence-corrected chi connectivity index (χ0v) is 10.2. The molecule has 102 valence electrons. The first kappa shape index (κ1) is 14.6. The number of nitrogens with one attached hydrogen (secondary N) is 1. The van der Waals surface area contributed by atoms with Crippen LogP contribution in [0.5, 0.6) is 0 Å². The number of carbonyl (C=O) groups is 3. The van der Waals surface area contributed by atoms with E-state index in [0.29, 0.717) is 0 Å². The molecular weight excluding hydrogens is 255 g/mol. The molecule has 2 amide bonds. The summed E-state index contributed by atoms with van der Waals surface area (Å²) in [6, 6.07) is 5.02. The first-order valence-electron chi connectivity index (χ1n) is 5.39. The fourth-order valence-electron chi connectivity index (χ4n) is 1.31.